The van der Waals surface area contributed by atoms with Crippen LogP contribution < -0.4 is 14.8 Å². The second-order valence-corrected chi connectivity index (χ2v) is 9.79. The molecule has 1 saturated heterocycles. The molecular formula is C23H33N3O3S. The van der Waals surface area contributed by atoms with Crippen LogP contribution in [0.25, 0.3) is 0 Å². The monoisotopic (exact) mass is 431 g/mol. The highest BCUT2D eigenvalue weighted by molar-refractivity contribution is 7.09. The summed E-state index contributed by atoms with van der Waals surface area (Å²) in [5, 5.41) is 6.26. The number of amides is 1. The largest absolute Gasteiger partial charge is 0.497 e. The molecule has 0 spiro atoms. The predicted octanol–water partition coefficient (Wildman–Crippen LogP) is 4.28. The van der Waals surface area contributed by atoms with Crippen molar-refractivity contribution in [1.29, 1.82) is 0 Å². The third kappa shape index (κ3) is 5.52. The molecule has 1 fully saturated rings. The highest BCUT2D eigenvalue weighted by atomic mass is 32.1. The molecule has 3 rings (SSSR count). The predicted molar refractivity (Wildman–Crippen MR) is 120 cm³/mol. The van der Waals surface area contributed by atoms with Crippen LogP contribution >= 0.6 is 11.3 Å². The molecule has 1 aromatic heterocycles. The van der Waals surface area contributed by atoms with Crippen molar-refractivity contribution in [2.45, 2.75) is 46.2 Å². The van der Waals surface area contributed by atoms with Gasteiger partial charge in [-0.25, -0.2) is 4.98 Å². The van der Waals surface area contributed by atoms with E-state index >= 15 is 0 Å². The van der Waals surface area contributed by atoms with Crippen molar-refractivity contribution in [2.24, 2.45) is 11.3 Å². The van der Waals surface area contributed by atoms with E-state index in [-0.39, 0.29) is 11.9 Å². The van der Waals surface area contributed by atoms with Crippen LogP contribution in [0.15, 0.2) is 29.8 Å². The van der Waals surface area contributed by atoms with Gasteiger partial charge in [0.25, 0.3) is 0 Å². The van der Waals surface area contributed by atoms with Gasteiger partial charge < -0.3 is 14.8 Å². The summed E-state index contributed by atoms with van der Waals surface area (Å²) in [5.74, 6) is 2.18. The Morgan fingerprint density at radius 1 is 1.27 bits per heavy atom. The van der Waals surface area contributed by atoms with Crippen LogP contribution in [0.1, 0.15) is 50.2 Å². The molecule has 0 bridgehead atoms. The van der Waals surface area contributed by atoms with Crippen LogP contribution in [0.4, 0.5) is 0 Å². The molecule has 1 aliphatic rings. The van der Waals surface area contributed by atoms with Gasteiger partial charge in [0.1, 0.15) is 16.5 Å². The molecule has 1 unspecified atom stereocenters. The van der Waals surface area contributed by atoms with Gasteiger partial charge in [0.2, 0.25) is 5.91 Å². The van der Waals surface area contributed by atoms with Crippen molar-refractivity contribution in [2.75, 3.05) is 27.3 Å². The number of hydrogen-bond acceptors (Lipinski definition) is 6. The summed E-state index contributed by atoms with van der Waals surface area (Å²) in [6, 6.07) is 5.91. The highest BCUT2D eigenvalue weighted by Gasteiger charge is 2.33. The maximum absolute atomic E-state index is 12.7. The van der Waals surface area contributed by atoms with Gasteiger partial charge in [0, 0.05) is 29.1 Å². The number of nitrogens with one attached hydrogen (secondary N) is 1. The number of ether oxygens (including phenoxy) is 2. The number of aromatic nitrogens is 1. The number of likely N-dealkylation sites (tertiary alicyclic amines) is 1. The Hall–Kier alpha value is -2.12. The fraction of sp³-hybridized carbons (Fsp3) is 0.565. The average molecular weight is 432 g/mol. The Morgan fingerprint density at radius 3 is 2.57 bits per heavy atom. The second-order valence-electron chi connectivity index (χ2n) is 8.86. The molecule has 7 heteroatoms. The van der Waals surface area contributed by atoms with Crippen LogP contribution in [0.3, 0.4) is 0 Å². The average Bonchev–Trinajstić information content (AvgIpc) is 3.26. The van der Waals surface area contributed by atoms with Gasteiger partial charge >= 0.3 is 0 Å². The normalized spacial score (nSPS) is 16.8. The smallest absolute Gasteiger partial charge is 0.225 e. The summed E-state index contributed by atoms with van der Waals surface area (Å²) in [7, 11) is 3.38. The minimum atomic E-state index is -0.418. The van der Waals surface area contributed by atoms with Crippen LogP contribution in [-0.4, -0.2) is 43.1 Å². The third-order valence-corrected chi connectivity index (χ3v) is 6.53. The Labute approximate surface area is 183 Å². The molecule has 30 heavy (non-hydrogen) atoms. The van der Waals surface area contributed by atoms with Gasteiger partial charge in [-0.3, -0.25) is 9.69 Å². The van der Waals surface area contributed by atoms with E-state index in [0.29, 0.717) is 5.92 Å². The Balaban J connectivity index is 1.66. The van der Waals surface area contributed by atoms with E-state index in [1.54, 1.807) is 25.6 Å². The third-order valence-electron chi connectivity index (χ3n) is 5.67. The van der Waals surface area contributed by atoms with E-state index in [9.17, 15) is 4.79 Å². The van der Waals surface area contributed by atoms with Gasteiger partial charge in [0.15, 0.2) is 0 Å². The zero-order valence-electron chi connectivity index (χ0n) is 18.6. The zero-order valence-corrected chi connectivity index (χ0v) is 19.4. The van der Waals surface area contributed by atoms with Gasteiger partial charge in [0.05, 0.1) is 20.3 Å². The first-order valence-electron chi connectivity index (χ1n) is 10.5. The van der Waals surface area contributed by atoms with Crippen LogP contribution in [0, 0.1) is 11.3 Å². The quantitative estimate of drug-likeness (QED) is 0.709. The molecule has 164 valence electrons. The van der Waals surface area contributed by atoms with Crippen molar-refractivity contribution in [3.05, 3.63) is 40.3 Å². The van der Waals surface area contributed by atoms with E-state index in [2.05, 4.69) is 15.2 Å². The maximum atomic E-state index is 12.7. The number of piperidine rings is 1. The number of carbonyl (C=O) groups excluding carboxylic acids is 1. The molecule has 0 radical (unpaired) electrons. The minimum absolute atomic E-state index is 0.0229. The summed E-state index contributed by atoms with van der Waals surface area (Å²) in [6.45, 7) is 8.61. The molecule has 2 heterocycles. The van der Waals surface area contributed by atoms with Crippen molar-refractivity contribution in [3.8, 4) is 11.5 Å². The van der Waals surface area contributed by atoms with E-state index < -0.39 is 5.41 Å². The van der Waals surface area contributed by atoms with Gasteiger partial charge in [-0.05, 0) is 50.0 Å². The number of carbonyl (C=O) groups is 1. The number of thiazole rings is 1. The first-order valence-corrected chi connectivity index (χ1v) is 11.3. The molecule has 1 amide bonds. The number of benzene rings is 1. The SMILES string of the molecule is COc1ccc(OC)c(CN2CCC(C(NC(=O)C(C)(C)C)c3nccs3)CC2)c1. The lowest BCUT2D eigenvalue weighted by Gasteiger charge is -2.36. The Morgan fingerprint density at radius 2 is 2.00 bits per heavy atom. The minimum Gasteiger partial charge on any atom is -0.497 e. The summed E-state index contributed by atoms with van der Waals surface area (Å²) < 4.78 is 10.9. The molecule has 6 nitrogen and oxygen atoms in total. The number of nitrogens with zero attached hydrogens (tertiary/aromatic N) is 2. The highest BCUT2D eigenvalue weighted by Crippen LogP contribution is 2.34. The molecule has 0 saturated carbocycles. The molecule has 1 aromatic carbocycles. The molecule has 0 aliphatic carbocycles. The van der Waals surface area contributed by atoms with Gasteiger partial charge in [-0.15, -0.1) is 11.3 Å². The fourth-order valence-electron chi connectivity index (χ4n) is 3.82. The van der Waals surface area contributed by atoms with Crippen LogP contribution in [0.5, 0.6) is 11.5 Å². The van der Waals surface area contributed by atoms with Gasteiger partial charge in [-0.2, -0.15) is 0 Å². The topological polar surface area (TPSA) is 63.7 Å². The number of hydrogen-bond donors (Lipinski definition) is 1. The van der Waals surface area contributed by atoms with E-state index in [1.807, 2.05) is 50.5 Å². The van der Waals surface area contributed by atoms with Crippen molar-refractivity contribution < 1.29 is 14.3 Å². The van der Waals surface area contributed by atoms with Crippen LogP contribution in [-0.2, 0) is 11.3 Å². The molecule has 1 N–H and O–H groups in total. The molecule has 1 aliphatic heterocycles. The van der Waals surface area contributed by atoms with Crippen molar-refractivity contribution in [3.63, 3.8) is 0 Å². The lowest BCUT2D eigenvalue weighted by molar-refractivity contribution is -0.129. The maximum Gasteiger partial charge on any atom is 0.225 e. The standard InChI is InChI=1S/C23H33N3O3S/c1-23(2,3)22(27)25-20(21-24-10-13-30-21)16-8-11-26(12-9-16)15-17-14-18(28-4)6-7-19(17)29-5/h6-7,10,13-14,16,20H,8-9,11-12,15H2,1-5H3,(H,25,27). The van der Waals surface area contributed by atoms with E-state index in [0.717, 1.165) is 54.5 Å². The lowest BCUT2D eigenvalue weighted by atomic mass is 9.87. The Kier molecular flexibility index (Phi) is 7.36. The molecule has 1 atom stereocenters. The molecule has 2 aromatic rings. The molecular weight excluding hydrogens is 398 g/mol. The van der Waals surface area contributed by atoms with E-state index in [4.69, 9.17) is 9.47 Å². The van der Waals surface area contributed by atoms with Gasteiger partial charge in [-0.1, -0.05) is 20.8 Å². The number of methoxy groups -OCH3 is 2. The second kappa shape index (κ2) is 9.79. The van der Waals surface area contributed by atoms with Crippen molar-refractivity contribution >= 4 is 17.2 Å². The lowest BCUT2D eigenvalue weighted by Crippen LogP contribution is -2.43. The first kappa shape index (κ1) is 22.6. The summed E-state index contributed by atoms with van der Waals surface area (Å²) in [4.78, 5) is 19.6. The number of rotatable bonds is 7. The van der Waals surface area contributed by atoms with E-state index in [1.165, 1.54) is 0 Å². The zero-order chi connectivity index (χ0) is 21.7. The Bertz CT molecular complexity index is 825. The summed E-state index contributed by atoms with van der Waals surface area (Å²) in [5.41, 5.74) is 0.715. The summed E-state index contributed by atoms with van der Waals surface area (Å²) >= 11 is 1.62. The summed E-state index contributed by atoms with van der Waals surface area (Å²) in [6.07, 6.45) is 3.85. The first-order chi connectivity index (χ1) is 14.3. The van der Waals surface area contributed by atoms with Crippen LogP contribution in [0.2, 0.25) is 0 Å². The fourth-order valence-corrected chi connectivity index (χ4v) is 4.60. The van der Waals surface area contributed by atoms with Crippen molar-refractivity contribution in [1.82, 2.24) is 15.2 Å².